The molecule has 2 aliphatic carbocycles. The summed E-state index contributed by atoms with van der Waals surface area (Å²) in [5, 5.41) is 2.92. The summed E-state index contributed by atoms with van der Waals surface area (Å²) >= 11 is 0. The van der Waals surface area contributed by atoms with E-state index in [1.807, 2.05) is 6.07 Å². The Morgan fingerprint density at radius 3 is 1.55 bits per heavy atom. The molecule has 0 fully saturated rings. The largest absolute Gasteiger partial charge is 0.366 e. The molecule has 0 saturated heterocycles. The number of hydrogen-bond acceptors (Lipinski definition) is 3. The van der Waals surface area contributed by atoms with E-state index in [0.717, 1.165) is 0 Å². The van der Waals surface area contributed by atoms with Gasteiger partial charge in [0.1, 0.15) is 0 Å². The lowest BCUT2D eigenvalue weighted by atomic mass is 10.1. The first-order valence-corrected chi connectivity index (χ1v) is 9.33. The number of primary amides is 1. The first-order chi connectivity index (χ1) is 14.0. The molecular formula is C25H21NO3. The van der Waals surface area contributed by atoms with E-state index < -0.39 is 0 Å². The highest BCUT2D eigenvalue weighted by atomic mass is 16.1. The Morgan fingerprint density at radius 2 is 1.14 bits per heavy atom. The zero-order chi connectivity index (χ0) is 20.6. The number of benzene rings is 3. The van der Waals surface area contributed by atoms with Gasteiger partial charge in [-0.2, -0.15) is 0 Å². The molecule has 0 aliphatic heterocycles. The molecule has 4 heteroatoms. The maximum absolute atomic E-state index is 10.4. The number of ketones is 2. The monoisotopic (exact) mass is 383 g/mol. The molecule has 1 amide bonds. The zero-order valence-electron chi connectivity index (χ0n) is 15.9. The molecule has 144 valence electrons. The Labute approximate surface area is 169 Å². The molecule has 0 atom stereocenters. The van der Waals surface area contributed by atoms with Gasteiger partial charge >= 0.3 is 0 Å². The predicted octanol–water partition coefficient (Wildman–Crippen LogP) is 3.97. The lowest BCUT2D eigenvalue weighted by Gasteiger charge is -1.99. The van der Waals surface area contributed by atoms with Crippen LogP contribution in [0.2, 0.25) is 0 Å². The molecule has 0 heterocycles. The molecule has 0 radical (unpaired) electrons. The van der Waals surface area contributed by atoms with Crippen molar-refractivity contribution in [3.63, 3.8) is 0 Å². The van der Waals surface area contributed by atoms with Crippen molar-refractivity contribution in [2.24, 2.45) is 5.73 Å². The molecule has 4 nitrogen and oxygen atoms in total. The van der Waals surface area contributed by atoms with Crippen LogP contribution < -0.4 is 5.73 Å². The fourth-order valence-electron chi connectivity index (χ4n) is 3.23. The third kappa shape index (κ3) is 5.36. The highest BCUT2D eigenvalue weighted by molar-refractivity contribution is 6.14. The number of aryl methyl sites for hydroxylation is 2. The van der Waals surface area contributed by atoms with Gasteiger partial charge in [0.25, 0.3) is 0 Å². The predicted molar refractivity (Wildman–Crippen MR) is 115 cm³/mol. The van der Waals surface area contributed by atoms with Crippen molar-refractivity contribution in [1.82, 2.24) is 0 Å². The van der Waals surface area contributed by atoms with Crippen LogP contribution in [0.25, 0.3) is 10.8 Å². The maximum Gasteiger partial charge on any atom is 0.248 e. The fraction of sp³-hybridized carbons (Fsp3) is 0.0800. The lowest BCUT2D eigenvalue weighted by Crippen LogP contribution is -2.09. The van der Waals surface area contributed by atoms with Crippen molar-refractivity contribution >= 4 is 28.2 Å². The SMILES string of the molecule is NC(=O)c1ccccc1.O=C1C=CC(=O)C=C1.c1cc2c3c(cccc3c1)CC2. The van der Waals surface area contributed by atoms with Gasteiger partial charge < -0.3 is 5.73 Å². The van der Waals surface area contributed by atoms with Crippen LogP contribution in [0.4, 0.5) is 0 Å². The number of carbonyl (C=O) groups is 3. The van der Waals surface area contributed by atoms with Crippen LogP contribution in [0.1, 0.15) is 21.5 Å². The Hall–Kier alpha value is -3.79. The molecule has 0 unspecified atom stereocenters. The summed E-state index contributed by atoms with van der Waals surface area (Å²) in [4.78, 5) is 31.0. The average Bonchev–Trinajstić information content (AvgIpc) is 3.17. The van der Waals surface area contributed by atoms with Gasteiger partial charge in [0.15, 0.2) is 11.6 Å². The Kier molecular flexibility index (Phi) is 6.48. The fourth-order valence-corrected chi connectivity index (χ4v) is 3.23. The van der Waals surface area contributed by atoms with E-state index in [9.17, 15) is 14.4 Å². The van der Waals surface area contributed by atoms with Crippen LogP contribution in [0, 0.1) is 0 Å². The third-order valence-corrected chi connectivity index (χ3v) is 4.62. The molecule has 5 rings (SSSR count). The van der Waals surface area contributed by atoms with Gasteiger partial charge in [0.2, 0.25) is 5.91 Å². The van der Waals surface area contributed by atoms with Crippen LogP contribution >= 0.6 is 0 Å². The summed E-state index contributed by atoms with van der Waals surface area (Å²) in [7, 11) is 0. The van der Waals surface area contributed by atoms with E-state index in [0.29, 0.717) is 5.56 Å². The Balaban J connectivity index is 0.000000128. The minimum Gasteiger partial charge on any atom is -0.366 e. The van der Waals surface area contributed by atoms with Crippen molar-refractivity contribution in [2.45, 2.75) is 12.8 Å². The summed E-state index contributed by atoms with van der Waals surface area (Å²) in [6.07, 6.45) is 7.47. The molecule has 29 heavy (non-hydrogen) atoms. The van der Waals surface area contributed by atoms with Gasteiger partial charge in [0, 0.05) is 5.56 Å². The number of amides is 1. The number of hydrogen-bond donors (Lipinski definition) is 1. The highest BCUT2D eigenvalue weighted by Gasteiger charge is 2.11. The van der Waals surface area contributed by atoms with Gasteiger partial charge in [-0.25, -0.2) is 0 Å². The second-order valence-electron chi connectivity index (χ2n) is 6.63. The maximum atomic E-state index is 10.4. The summed E-state index contributed by atoms with van der Waals surface area (Å²) < 4.78 is 0. The number of nitrogens with two attached hydrogens (primary N) is 1. The van der Waals surface area contributed by atoms with E-state index in [1.165, 1.54) is 59.0 Å². The van der Waals surface area contributed by atoms with Gasteiger partial charge in [0.05, 0.1) is 0 Å². The average molecular weight is 383 g/mol. The molecule has 3 aromatic carbocycles. The van der Waals surface area contributed by atoms with E-state index in [1.54, 1.807) is 24.3 Å². The molecule has 0 spiro atoms. The van der Waals surface area contributed by atoms with Crippen molar-refractivity contribution < 1.29 is 14.4 Å². The van der Waals surface area contributed by atoms with Crippen molar-refractivity contribution in [3.05, 3.63) is 108 Å². The van der Waals surface area contributed by atoms with E-state index in [4.69, 9.17) is 5.73 Å². The third-order valence-electron chi connectivity index (χ3n) is 4.62. The van der Waals surface area contributed by atoms with Crippen molar-refractivity contribution in [1.29, 1.82) is 0 Å². The van der Waals surface area contributed by atoms with Crippen molar-refractivity contribution in [2.75, 3.05) is 0 Å². The van der Waals surface area contributed by atoms with Gasteiger partial charge in [-0.1, -0.05) is 54.6 Å². The zero-order valence-corrected chi connectivity index (χ0v) is 15.9. The molecule has 0 bridgehead atoms. The highest BCUT2D eigenvalue weighted by Crippen LogP contribution is 2.29. The minimum absolute atomic E-state index is 0.121. The van der Waals surface area contributed by atoms with Gasteiger partial charge in [-0.3, -0.25) is 14.4 Å². The second kappa shape index (κ2) is 9.42. The summed E-state index contributed by atoms with van der Waals surface area (Å²) in [6.45, 7) is 0. The van der Waals surface area contributed by atoms with Gasteiger partial charge in [-0.15, -0.1) is 0 Å². The quantitative estimate of drug-likeness (QED) is 0.646. The van der Waals surface area contributed by atoms with Gasteiger partial charge in [-0.05, 0) is 71.2 Å². The van der Waals surface area contributed by atoms with Crippen LogP contribution in [-0.2, 0) is 22.4 Å². The van der Waals surface area contributed by atoms with Crippen LogP contribution in [0.15, 0.2) is 91.0 Å². The lowest BCUT2D eigenvalue weighted by molar-refractivity contribution is -0.113. The molecule has 2 N–H and O–H groups in total. The smallest absolute Gasteiger partial charge is 0.248 e. The number of carbonyl (C=O) groups excluding carboxylic acids is 3. The molecule has 2 aliphatic rings. The van der Waals surface area contributed by atoms with E-state index in [-0.39, 0.29) is 17.5 Å². The van der Waals surface area contributed by atoms with E-state index in [2.05, 4.69) is 36.4 Å². The first-order valence-electron chi connectivity index (χ1n) is 9.33. The molecule has 3 aromatic rings. The van der Waals surface area contributed by atoms with Crippen LogP contribution in [0.5, 0.6) is 0 Å². The molecule has 0 aromatic heterocycles. The number of rotatable bonds is 1. The summed E-state index contributed by atoms with van der Waals surface area (Å²) in [6, 6.07) is 22.0. The summed E-state index contributed by atoms with van der Waals surface area (Å²) in [5.74, 6) is -0.621. The molecule has 0 saturated carbocycles. The standard InChI is InChI=1S/C12H10.C7H7NO.C6H4O2/c1-3-9-4-2-6-11-8-7-10(5-1)12(9)11;8-7(9)6-4-2-1-3-5-6;7-5-1-2-6(8)4-3-5/h1-6H,7-8H2;1-5H,(H2,8,9);1-4H. The second-order valence-corrected chi connectivity index (χ2v) is 6.63. The Morgan fingerprint density at radius 1 is 0.655 bits per heavy atom. The molecular weight excluding hydrogens is 362 g/mol. The van der Waals surface area contributed by atoms with Crippen molar-refractivity contribution in [3.8, 4) is 0 Å². The summed E-state index contributed by atoms with van der Waals surface area (Å²) in [5.41, 5.74) is 8.59. The normalized spacial score (nSPS) is 13.4. The van der Waals surface area contributed by atoms with Crippen LogP contribution in [0.3, 0.4) is 0 Å². The topological polar surface area (TPSA) is 77.2 Å². The van der Waals surface area contributed by atoms with Crippen LogP contribution in [-0.4, -0.2) is 17.5 Å². The first kappa shape index (κ1) is 20.0. The van der Waals surface area contributed by atoms with E-state index >= 15 is 0 Å². The minimum atomic E-state index is -0.379. The number of allylic oxidation sites excluding steroid dienone is 4. The Bertz CT molecular complexity index is 1030.